The number of nitrogens with zero attached hydrogens (tertiary/aromatic N) is 3. The first-order valence-electron chi connectivity index (χ1n) is 4.90. The first-order valence-corrected chi connectivity index (χ1v) is 5.67. The van der Waals surface area contributed by atoms with Crippen molar-refractivity contribution < 1.29 is 9.21 Å². The van der Waals surface area contributed by atoms with Crippen LogP contribution in [0, 0.1) is 0 Å². The maximum absolute atomic E-state index is 11.6. The number of furan rings is 1. The highest BCUT2D eigenvalue weighted by Gasteiger charge is 2.07. The molecule has 3 aromatic heterocycles. The fraction of sp³-hybridized carbons (Fsp3) is 0. The third kappa shape index (κ3) is 1.90. The van der Waals surface area contributed by atoms with Gasteiger partial charge in [-0.3, -0.25) is 8.58 Å². The standard InChI is InChI=1S/C11H7N3O2S/c15-10(8-4-3-7-16-8)13-11-12-9-5-1-2-6-14(9)17-11/h1-7H. The van der Waals surface area contributed by atoms with Gasteiger partial charge in [0.15, 0.2) is 5.76 Å². The quantitative estimate of drug-likeness (QED) is 0.656. The Bertz CT molecular complexity index is 688. The zero-order valence-electron chi connectivity index (χ0n) is 8.61. The Morgan fingerprint density at radius 3 is 3.06 bits per heavy atom. The van der Waals surface area contributed by atoms with Crippen LogP contribution >= 0.6 is 11.5 Å². The number of carbonyl (C=O) groups excluding carboxylic acids is 1. The zero-order valence-corrected chi connectivity index (χ0v) is 9.42. The minimum Gasteiger partial charge on any atom is -0.459 e. The number of hydrogen-bond donors (Lipinski definition) is 0. The molecule has 0 spiro atoms. The second kappa shape index (κ2) is 3.99. The molecule has 0 unspecified atom stereocenters. The second-order valence-electron chi connectivity index (χ2n) is 3.26. The molecule has 3 aromatic rings. The van der Waals surface area contributed by atoms with Crippen molar-refractivity contribution in [3.8, 4) is 0 Å². The van der Waals surface area contributed by atoms with Gasteiger partial charge >= 0.3 is 5.91 Å². The molecule has 84 valence electrons. The molecule has 0 bridgehead atoms. The summed E-state index contributed by atoms with van der Waals surface area (Å²) in [6.07, 6.45) is 3.30. The fourth-order valence-corrected chi connectivity index (χ4v) is 2.14. The predicted octanol–water partition coefficient (Wildman–Crippen LogP) is 1.73. The maximum Gasteiger partial charge on any atom is 0.315 e. The first-order chi connectivity index (χ1) is 8.33. The molecule has 1 amide bonds. The average Bonchev–Trinajstić information content (AvgIpc) is 2.97. The summed E-state index contributed by atoms with van der Waals surface area (Å²) in [5.41, 5.74) is 0.767. The Morgan fingerprint density at radius 1 is 1.35 bits per heavy atom. The Kier molecular flexibility index (Phi) is 2.34. The van der Waals surface area contributed by atoms with Crippen molar-refractivity contribution in [1.82, 2.24) is 8.77 Å². The molecule has 3 heterocycles. The summed E-state index contributed by atoms with van der Waals surface area (Å²) < 4.78 is 6.81. The Hall–Kier alpha value is -2.21. The molecule has 0 fully saturated rings. The van der Waals surface area contributed by atoms with E-state index in [0.29, 0.717) is 4.80 Å². The molecule has 0 aliphatic carbocycles. The van der Waals surface area contributed by atoms with E-state index >= 15 is 0 Å². The number of aromatic nitrogens is 2. The largest absolute Gasteiger partial charge is 0.459 e. The lowest BCUT2D eigenvalue weighted by molar-refractivity contribution is 0.0972. The lowest BCUT2D eigenvalue weighted by Gasteiger charge is -1.84. The molecule has 6 heteroatoms. The molecule has 0 aliphatic rings. The van der Waals surface area contributed by atoms with E-state index in [1.165, 1.54) is 17.8 Å². The molecule has 0 aliphatic heterocycles. The van der Waals surface area contributed by atoms with E-state index in [0.717, 1.165) is 5.65 Å². The Labute approximate surface area is 99.8 Å². The summed E-state index contributed by atoms with van der Waals surface area (Å²) in [5.74, 6) is -0.205. The van der Waals surface area contributed by atoms with Crippen LogP contribution in [0.4, 0.5) is 0 Å². The molecule has 0 saturated heterocycles. The summed E-state index contributed by atoms with van der Waals surface area (Å²) in [6, 6.07) is 8.85. The van der Waals surface area contributed by atoms with E-state index in [9.17, 15) is 4.79 Å². The number of rotatable bonds is 1. The summed E-state index contributed by atoms with van der Waals surface area (Å²) >= 11 is 1.30. The second-order valence-corrected chi connectivity index (χ2v) is 4.21. The van der Waals surface area contributed by atoms with E-state index < -0.39 is 5.91 Å². The van der Waals surface area contributed by atoms with E-state index in [4.69, 9.17) is 4.42 Å². The Morgan fingerprint density at radius 2 is 2.29 bits per heavy atom. The molecule has 0 saturated carbocycles. The van der Waals surface area contributed by atoms with Crippen molar-refractivity contribution in [3.63, 3.8) is 0 Å². The first kappa shape index (κ1) is 9.98. The summed E-state index contributed by atoms with van der Waals surface area (Å²) in [4.78, 5) is 20.2. The highest BCUT2D eigenvalue weighted by atomic mass is 32.1. The third-order valence-electron chi connectivity index (χ3n) is 2.12. The molecule has 0 radical (unpaired) electrons. The lowest BCUT2D eigenvalue weighted by atomic mass is 10.4. The topological polar surface area (TPSA) is 59.9 Å². The van der Waals surface area contributed by atoms with Gasteiger partial charge in [0.2, 0.25) is 4.80 Å². The molecular formula is C11H7N3O2S. The summed E-state index contributed by atoms with van der Waals surface area (Å²) in [5, 5.41) is 0. The van der Waals surface area contributed by atoms with Gasteiger partial charge in [0, 0.05) is 6.20 Å². The van der Waals surface area contributed by atoms with Gasteiger partial charge in [-0.1, -0.05) is 6.07 Å². The minimum atomic E-state index is -0.422. The van der Waals surface area contributed by atoms with Gasteiger partial charge in [-0.15, -0.1) is 0 Å². The van der Waals surface area contributed by atoms with Crippen molar-refractivity contribution in [2.75, 3.05) is 0 Å². The maximum atomic E-state index is 11.6. The van der Waals surface area contributed by atoms with Crippen LogP contribution in [0.25, 0.3) is 5.65 Å². The molecule has 5 nitrogen and oxygen atoms in total. The predicted molar refractivity (Wildman–Crippen MR) is 61.7 cm³/mol. The number of carbonyl (C=O) groups is 1. The van der Waals surface area contributed by atoms with Crippen molar-refractivity contribution >= 4 is 23.1 Å². The zero-order chi connectivity index (χ0) is 11.7. The van der Waals surface area contributed by atoms with Gasteiger partial charge in [0.1, 0.15) is 5.65 Å². The van der Waals surface area contributed by atoms with Gasteiger partial charge in [0.25, 0.3) is 0 Å². The molecule has 17 heavy (non-hydrogen) atoms. The van der Waals surface area contributed by atoms with Crippen LogP contribution in [-0.4, -0.2) is 14.7 Å². The van der Waals surface area contributed by atoms with Crippen LogP contribution in [0.3, 0.4) is 0 Å². The lowest BCUT2D eigenvalue weighted by Crippen LogP contribution is -2.03. The van der Waals surface area contributed by atoms with Gasteiger partial charge in [-0.05, 0) is 35.8 Å². The van der Waals surface area contributed by atoms with E-state index in [1.807, 2.05) is 28.2 Å². The summed E-state index contributed by atoms with van der Waals surface area (Å²) in [7, 11) is 0. The van der Waals surface area contributed by atoms with Gasteiger partial charge in [-0.2, -0.15) is 9.98 Å². The summed E-state index contributed by atoms with van der Waals surface area (Å²) in [6.45, 7) is 0. The van der Waals surface area contributed by atoms with Gasteiger partial charge < -0.3 is 4.42 Å². The van der Waals surface area contributed by atoms with Gasteiger partial charge in [-0.25, -0.2) is 0 Å². The Balaban J connectivity index is 2.06. The van der Waals surface area contributed by atoms with E-state index in [-0.39, 0.29) is 5.76 Å². The molecule has 0 N–H and O–H groups in total. The van der Waals surface area contributed by atoms with Crippen molar-refractivity contribution in [3.05, 3.63) is 53.4 Å². The third-order valence-corrected chi connectivity index (χ3v) is 2.97. The molecular weight excluding hydrogens is 238 g/mol. The SMILES string of the molecule is O=C(N=c1nc2ccccn2s1)c1ccco1. The van der Waals surface area contributed by atoms with E-state index in [1.54, 1.807) is 12.1 Å². The number of fused-ring (bicyclic) bond motifs is 1. The highest BCUT2D eigenvalue weighted by molar-refractivity contribution is 7.03. The van der Waals surface area contributed by atoms with Crippen molar-refractivity contribution in [1.29, 1.82) is 0 Å². The van der Waals surface area contributed by atoms with Gasteiger partial charge in [0.05, 0.1) is 6.26 Å². The number of amides is 1. The van der Waals surface area contributed by atoms with Crippen LogP contribution in [0.15, 0.2) is 52.2 Å². The molecule has 0 aromatic carbocycles. The normalized spacial score (nSPS) is 12.1. The van der Waals surface area contributed by atoms with Crippen molar-refractivity contribution in [2.24, 2.45) is 4.99 Å². The van der Waals surface area contributed by atoms with Crippen molar-refractivity contribution in [2.45, 2.75) is 0 Å². The smallest absolute Gasteiger partial charge is 0.315 e. The average molecular weight is 245 g/mol. The monoisotopic (exact) mass is 245 g/mol. The van der Waals surface area contributed by atoms with E-state index in [2.05, 4.69) is 9.98 Å². The molecule has 3 rings (SSSR count). The van der Waals surface area contributed by atoms with Crippen LogP contribution < -0.4 is 4.80 Å². The van der Waals surface area contributed by atoms with Crippen LogP contribution in [-0.2, 0) is 0 Å². The van der Waals surface area contributed by atoms with Crippen LogP contribution in [0.5, 0.6) is 0 Å². The fourth-order valence-electron chi connectivity index (χ4n) is 1.38. The van der Waals surface area contributed by atoms with Crippen LogP contribution in [0.2, 0.25) is 0 Å². The molecule has 0 atom stereocenters. The number of pyridine rings is 1. The number of hydrogen-bond acceptors (Lipinski definition) is 4. The highest BCUT2D eigenvalue weighted by Crippen LogP contribution is 2.03. The van der Waals surface area contributed by atoms with Crippen LogP contribution in [0.1, 0.15) is 10.6 Å². The minimum absolute atomic E-state index is 0.217.